The second kappa shape index (κ2) is 6.67. The van der Waals surface area contributed by atoms with E-state index in [0.29, 0.717) is 11.8 Å². The Morgan fingerprint density at radius 1 is 1.26 bits per heavy atom. The maximum atomic E-state index is 13.3. The molecule has 4 rings (SSSR count). The van der Waals surface area contributed by atoms with Crippen molar-refractivity contribution < 1.29 is 44.3 Å². The summed E-state index contributed by atoms with van der Waals surface area (Å²) in [4.78, 5) is 49.1. The molecule has 6 N–H and O–H groups in total. The monoisotopic (exact) mass is 429 g/mol. The first-order chi connectivity index (χ1) is 14.6. The molecule has 1 aromatic rings. The van der Waals surface area contributed by atoms with Crippen molar-refractivity contribution in [3.8, 4) is 11.5 Å². The van der Waals surface area contributed by atoms with E-state index < -0.39 is 57.8 Å². The number of hydrogen-bond donors (Lipinski definition) is 5. The first-order valence-electron chi connectivity index (χ1n) is 9.43. The van der Waals surface area contributed by atoms with Gasteiger partial charge >= 0.3 is 0 Å². The zero-order chi connectivity index (χ0) is 22.8. The number of hydrogen-bond acceptors (Lipinski definition) is 9. The van der Waals surface area contributed by atoms with Gasteiger partial charge in [0, 0.05) is 23.5 Å². The Kier molecular flexibility index (Phi) is 4.44. The van der Waals surface area contributed by atoms with E-state index in [-0.39, 0.29) is 41.7 Å². The predicted octanol–water partition coefficient (Wildman–Crippen LogP) is 0.402. The Bertz CT molecular complexity index is 1150. The van der Waals surface area contributed by atoms with Gasteiger partial charge in [-0.25, -0.2) is 0 Å². The fourth-order valence-electron chi connectivity index (χ4n) is 4.94. The van der Waals surface area contributed by atoms with E-state index >= 15 is 0 Å². The molecule has 0 heterocycles. The minimum Gasteiger partial charge on any atom is -0.511 e. The van der Waals surface area contributed by atoms with Crippen molar-refractivity contribution in [2.75, 3.05) is 7.11 Å². The topological polar surface area (TPSA) is 184 Å². The molecule has 0 fully saturated rings. The van der Waals surface area contributed by atoms with Crippen LogP contribution in [0.2, 0.25) is 0 Å². The third-order valence-corrected chi connectivity index (χ3v) is 6.40. The summed E-state index contributed by atoms with van der Waals surface area (Å²) in [5.74, 6) is -7.06. The number of nitrogens with two attached hydrogens (primary N) is 1. The maximum Gasteiger partial charge on any atom is 0.255 e. The molecule has 0 radical (unpaired) electrons. The van der Waals surface area contributed by atoms with Crippen LogP contribution in [-0.2, 0) is 16.0 Å². The number of aromatic hydroxyl groups is 1. The molecule has 31 heavy (non-hydrogen) atoms. The quantitative estimate of drug-likeness (QED) is 0.335. The summed E-state index contributed by atoms with van der Waals surface area (Å²) >= 11 is 0. The highest BCUT2D eigenvalue weighted by molar-refractivity contribution is 6.24. The van der Waals surface area contributed by atoms with Crippen LogP contribution in [0.1, 0.15) is 39.1 Å². The highest BCUT2D eigenvalue weighted by Gasteiger charge is 2.59. The van der Waals surface area contributed by atoms with Gasteiger partial charge in [-0.1, -0.05) is 0 Å². The summed E-state index contributed by atoms with van der Waals surface area (Å²) in [6.45, 7) is 0. The molecule has 1 aromatic carbocycles. The van der Waals surface area contributed by atoms with E-state index in [2.05, 4.69) is 0 Å². The van der Waals surface area contributed by atoms with Crippen LogP contribution < -0.4 is 10.5 Å². The molecule has 0 aromatic heterocycles. The van der Waals surface area contributed by atoms with Gasteiger partial charge in [0.25, 0.3) is 5.91 Å². The molecule has 3 aliphatic rings. The normalized spacial score (nSPS) is 27.4. The number of primary amides is 1. The fraction of sp³-hybridized carbons (Fsp3) is 0.333. The van der Waals surface area contributed by atoms with Gasteiger partial charge in [0.1, 0.15) is 28.6 Å². The number of methoxy groups -OCH3 is 1. The molecule has 0 aliphatic heterocycles. The SMILES string of the molecule is COc1cc(C=O)c(O)c2c1C[C@H]1CC3CC(O)=C(C(N)=O)C(=O)[C@@]3(O)C(O)=C1C2=O. The Morgan fingerprint density at radius 3 is 2.52 bits per heavy atom. The van der Waals surface area contributed by atoms with Gasteiger partial charge in [-0.2, -0.15) is 0 Å². The van der Waals surface area contributed by atoms with Crippen LogP contribution >= 0.6 is 0 Å². The molecule has 0 spiro atoms. The molecule has 10 nitrogen and oxygen atoms in total. The largest absolute Gasteiger partial charge is 0.511 e. The van der Waals surface area contributed by atoms with Crippen LogP contribution in [0.25, 0.3) is 0 Å². The van der Waals surface area contributed by atoms with Crippen molar-refractivity contribution in [3.05, 3.63) is 45.4 Å². The van der Waals surface area contributed by atoms with E-state index in [1.165, 1.54) is 13.2 Å². The standard InChI is InChI=1S/C21H19NO9/c1-31-12-4-8(6-23)16(25)14-10(12)3-7-2-9-5-11(24)15(20(22)29)19(28)21(9,30)18(27)13(7)17(14)26/h4,6-7,9,24-25,27,30H,2-3,5H2,1H3,(H2,22,29)/t7-,9?,21+/m1/s1. The van der Waals surface area contributed by atoms with Crippen molar-refractivity contribution in [2.45, 2.75) is 24.9 Å². The van der Waals surface area contributed by atoms with Crippen LogP contribution in [0.4, 0.5) is 0 Å². The lowest BCUT2D eigenvalue weighted by Crippen LogP contribution is -2.57. The minimum atomic E-state index is -2.63. The van der Waals surface area contributed by atoms with E-state index in [1.54, 1.807) is 0 Å². The van der Waals surface area contributed by atoms with Crippen molar-refractivity contribution in [1.82, 2.24) is 0 Å². The summed E-state index contributed by atoms with van der Waals surface area (Å²) in [7, 11) is 1.34. The number of carbonyl (C=O) groups excluding carboxylic acids is 4. The Hall–Kier alpha value is -3.66. The predicted molar refractivity (Wildman–Crippen MR) is 103 cm³/mol. The molecule has 3 atom stereocenters. The highest BCUT2D eigenvalue weighted by Crippen LogP contribution is 2.52. The van der Waals surface area contributed by atoms with Gasteiger partial charge in [0.2, 0.25) is 5.78 Å². The summed E-state index contributed by atoms with van der Waals surface area (Å²) < 4.78 is 5.26. The number of allylic oxidation sites excluding steroid dienone is 2. The van der Waals surface area contributed by atoms with Crippen LogP contribution in [0, 0.1) is 11.8 Å². The number of rotatable bonds is 3. The Labute approximate surface area is 175 Å². The zero-order valence-corrected chi connectivity index (χ0v) is 16.3. The average molecular weight is 429 g/mol. The molecule has 0 saturated heterocycles. The number of fused-ring (bicyclic) bond motifs is 3. The van der Waals surface area contributed by atoms with Crippen LogP contribution in [0.3, 0.4) is 0 Å². The number of phenolic OH excluding ortho intramolecular Hbond substituents is 1. The summed E-state index contributed by atoms with van der Waals surface area (Å²) in [5.41, 5.74) is 1.24. The molecule has 1 unspecified atom stereocenters. The molecule has 162 valence electrons. The summed E-state index contributed by atoms with van der Waals surface area (Å²) in [6.07, 6.45) is 0.155. The smallest absolute Gasteiger partial charge is 0.255 e. The lowest BCUT2D eigenvalue weighted by atomic mass is 9.60. The molecular formula is C21H19NO9. The first-order valence-corrected chi connectivity index (χ1v) is 9.43. The second-order valence-electron chi connectivity index (χ2n) is 7.90. The van der Waals surface area contributed by atoms with Crippen molar-refractivity contribution in [1.29, 1.82) is 0 Å². The average Bonchev–Trinajstić information content (AvgIpc) is 2.70. The number of phenols is 1. The zero-order valence-electron chi connectivity index (χ0n) is 16.3. The molecule has 10 heteroatoms. The van der Waals surface area contributed by atoms with Gasteiger partial charge in [-0.3, -0.25) is 19.2 Å². The molecule has 0 saturated carbocycles. The van der Waals surface area contributed by atoms with Gasteiger partial charge in [-0.05, 0) is 24.8 Å². The number of aldehydes is 1. The third-order valence-electron chi connectivity index (χ3n) is 6.40. The lowest BCUT2D eigenvalue weighted by Gasteiger charge is -2.45. The van der Waals surface area contributed by atoms with Gasteiger partial charge in [0.15, 0.2) is 17.7 Å². The van der Waals surface area contributed by atoms with Gasteiger partial charge in [0.05, 0.1) is 18.2 Å². The second-order valence-corrected chi connectivity index (χ2v) is 7.90. The number of ketones is 2. The Balaban J connectivity index is 1.94. The highest BCUT2D eigenvalue weighted by atomic mass is 16.5. The number of aliphatic hydroxyl groups is 3. The Morgan fingerprint density at radius 2 is 1.94 bits per heavy atom. The van der Waals surface area contributed by atoms with E-state index in [9.17, 15) is 39.6 Å². The van der Waals surface area contributed by atoms with E-state index in [1.807, 2.05) is 0 Å². The molecule has 1 amide bonds. The molecule has 0 bridgehead atoms. The summed E-state index contributed by atoms with van der Waals surface area (Å²) in [6, 6.07) is 1.29. The first kappa shape index (κ1) is 20.6. The van der Waals surface area contributed by atoms with Crippen molar-refractivity contribution in [2.24, 2.45) is 17.6 Å². The third kappa shape index (κ3) is 2.54. The number of ether oxygens (including phenoxy) is 1. The number of aliphatic hydroxyl groups excluding tert-OH is 2. The van der Waals surface area contributed by atoms with Crippen molar-refractivity contribution in [3.63, 3.8) is 0 Å². The van der Waals surface area contributed by atoms with Crippen LogP contribution in [-0.4, -0.2) is 56.9 Å². The van der Waals surface area contributed by atoms with Gasteiger partial charge < -0.3 is 30.9 Å². The number of benzene rings is 1. The number of amides is 1. The van der Waals surface area contributed by atoms with Crippen LogP contribution in [0.5, 0.6) is 11.5 Å². The van der Waals surface area contributed by atoms with Crippen molar-refractivity contribution >= 4 is 23.8 Å². The van der Waals surface area contributed by atoms with E-state index in [0.717, 1.165) is 0 Å². The molecular weight excluding hydrogens is 410 g/mol. The molecule has 3 aliphatic carbocycles. The van der Waals surface area contributed by atoms with E-state index in [4.69, 9.17) is 10.5 Å². The maximum absolute atomic E-state index is 13.3. The number of Topliss-reactive ketones (excluding diaryl/α,β-unsaturated/α-hetero) is 2. The fourth-order valence-corrected chi connectivity index (χ4v) is 4.94. The van der Waals surface area contributed by atoms with Gasteiger partial charge in [-0.15, -0.1) is 0 Å². The summed E-state index contributed by atoms with van der Waals surface area (Å²) in [5, 5.41) is 42.6. The van der Waals surface area contributed by atoms with Crippen LogP contribution in [0.15, 0.2) is 28.7 Å². The minimum absolute atomic E-state index is 0.0161. The lowest BCUT2D eigenvalue weighted by molar-refractivity contribution is -0.144. The number of carbonyl (C=O) groups is 4.